The Morgan fingerprint density at radius 2 is 2.23 bits per heavy atom. The molecule has 2 atom stereocenters. The van der Waals surface area contributed by atoms with Gasteiger partial charge in [0.25, 0.3) is 0 Å². The Hall–Kier alpha value is 0.740. The zero-order valence-electron chi connectivity index (χ0n) is 7.49. The first-order valence-corrected chi connectivity index (χ1v) is 8.24. The first-order valence-electron chi connectivity index (χ1n) is 4.18. The highest BCUT2D eigenvalue weighted by atomic mass is 79.9. The van der Waals surface area contributed by atoms with E-state index in [0.29, 0.717) is 5.25 Å². The standard InChI is InChI=1S/C7H14BrNO2S2/c1-12-7-4-2-3-6(7)9-13(10,11)5-8/h6-7,9H,2-5H2,1H3. The number of hydrogen-bond acceptors (Lipinski definition) is 3. The summed E-state index contributed by atoms with van der Waals surface area (Å²) in [6.07, 6.45) is 5.25. The normalized spacial score (nSPS) is 29.4. The van der Waals surface area contributed by atoms with Gasteiger partial charge < -0.3 is 0 Å². The molecule has 0 amide bonds. The lowest BCUT2D eigenvalue weighted by molar-refractivity contribution is 0.560. The molecule has 0 aliphatic heterocycles. The van der Waals surface area contributed by atoms with Gasteiger partial charge in [-0.05, 0) is 19.1 Å². The van der Waals surface area contributed by atoms with Crippen molar-refractivity contribution in [2.24, 2.45) is 0 Å². The van der Waals surface area contributed by atoms with Crippen molar-refractivity contribution in [3.8, 4) is 0 Å². The molecule has 1 saturated carbocycles. The van der Waals surface area contributed by atoms with Gasteiger partial charge in [-0.25, -0.2) is 13.1 Å². The number of rotatable bonds is 4. The van der Waals surface area contributed by atoms with Crippen molar-refractivity contribution in [1.29, 1.82) is 0 Å². The molecule has 0 aromatic heterocycles. The molecular weight excluding hydrogens is 274 g/mol. The van der Waals surface area contributed by atoms with Crippen LogP contribution in [0.4, 0.5) is 0 Å². The van der Waals surface area contributed by atoms with Gasteiger partial charge in [-0.3, -0.25) is 0 Å². The smallest absolute Gasteiger partial charge is 0.212 e. The minimum absolute atomic E-state index is 0.00238. The maximum Gasteiger partial charge on any atom is 0.221 e. The summed E-state index contributed by atoms with van der Waals surface area (Å²) in [5.41, 5.74) is 0. The van der Waals surface area contributed by atoms with Gasteiger partial charge in [0.15, 0.2) is 0 Å². The number of halogens is 1. The molecule has 0 heterocycles. The maximum absolute atomic E-state index is 11.2. The molecule has 0 bridgehead atoms. The SMILES string of the molecule is CSC1CCCC1NS(=O)(=O)CBr. The lowest BCUT2D eigenvalue weighted by Crippen LogP contribution is -2.38. The summed E-state index contributed by atoms with van der Waals surface area (Å²) >= 11 is 4.71. The van der Waals surface area contributed by atoms with Gasteiger partial charge in [0.2, 0.25) is 10.0 Å². The molecular formula is C7H14BrNO2S2. The molecule has 1 N–H and O–H groups in total. The molecule has 1 rings (SSSR count). The summed E-state index contributed by atoms with van der Waals surface area (Å²) in [6.45, 7) is 0. The maximum atomic E-state index is 11.2. The van der Waals surface area contributed by atoms with Crippen LogP contribution in [-0.2, 0) is 10.0 Å². The Morgan fingerprint density at radius 3 is 2.77 bits per heavy atom. The van der Waals surface area contributed by atoms with Crippen molar-refractivity contribution < 1.29 is 8.42 Å². The zero-order chi connectivity index (χ0) is 9.90. The second kappa shape index (κ2) is 5.00. The number of alkyl halides is 1. The fraction of sp³-hybridized carbons (Fsp3) is 1.00. The van der Waals surface area contributed by atoms with E-state index in [1.807, 2.05) is 6.26 Å². The lowest BCUT2D eigenvalue weighted by atomic mass is 10.3. The molecule has 6 heteroatoms. The van der Waals surface area contributed by atoms with E-state index in [1.54, 1.807) is 11.8 Å². The zero-order valence-corrected chi connectivity index (χ0v) is 10.7. The molecule has 0 spiro atoms. The third-order valence-electron chi connectivity index (χ3n) is 2.23. The predicted octanol–water partition coefficient (Wildman–Crippen LogP) is 1.54. The highest BCUT2D eigenvalue weighted by Crippen LogP contribution is 2.28. The number of nitrogens with one attached hydrogen (secondary N) is 1. The molecule has 0 radical (unpaired) electrons. The average Bonchev–Trinajstić information content (AvgIpc) is 2.51. The van der Waals surface area contributed by atoms with E-state index >= 15 is 0 Å². The van der Waals surface area contributed by atoms with Crippen LogP contribution in [0.1, 0.15) is 19.3 Å². The first-order chi connectivity index (χ1) is 6.09. The van der Waals surface area contributed by atoms with Gasteiger partial charge in [-0.15, -0.1) is 0 Å². The summed E-state index contributed by atoms with van der Waals surface area (Å²) in [4.78, 5) is 0. The van der Waals surface area contributed by atoms with Crippen molar-refractivity contribution in [3.63, 3.8) is 0 Å². The van der Waals surface area contributed by atoms with E-state index < -0.39 is 10.0 Å². The van der Waals surface area contributed by atoms with Gasteiger partial charge in [0.05, 0.1) is 0 Å². The van der Waals surface area contributed by atoms with Crippen molar-refractivity contribution in [2.45, 2.75) is 30.6 Å². The highest BCUT2D eigenvalue weighted by Gasteiger charge is 2.29. The second-order valence-electron chi connectivity index (χ2n) is 3.15. The Balaban J connectivity index is 2.53. The molecule has 3 nitrogen and oxygen atoms in total. The molecule has 0 aromatic carbocycles. The van der Waals surface area contributed by atoms with Gasteiger partial charge in [-0.2, -0.15) is 11.8 Å². The van der Waals surface area contributed by atoms with Crippen LogP contribution in [0.2, 0.25) is 0 Å². The van der Waals surface area contributed by atoms with Gasteiger partial charge >= 0.3 is 0 Å². The van der Waals surface area contributed by atoms with Crippen molar-refractivity contribution in [3.05, 3.63) is 0 Å². The summed E-state index contributed by atoms with van der Waals surface area (Å²) in [7, 11) is -3.09. The summed E-state index contributed by atoms with van der Waals surface area (Å²) in [5, 5.41) is 0.453. The third kappa shape index (κ3) is 3.42. The number of thioether (sulfide) groups is 1. The average molecular weight is 288 g/mol. The monoisotopic (exact) mass is 287 g/mol. The Morgan fingerprint density at radius 1 is 1.54 bits per heavy atom. The predicted molar refractivity (Wildman–Crippen MR) is 60.8 cm³/mol. The van der Waals surface area contributed by atoms with E-state index in [2.05, 4.69) is 20.7 Å². The van der Waals surface area contributed by atoms with Crippen LogP contribution in [0.3, 0.4) is 0 Å². The van der Waals surface area contributed by atoms with E-state index in [4.69, 9.17) is 0 Å². The van der Waals surface area contributed by atoms with Crippen molar-refractivity contribution in [1.82, 2.24) is 4.72 Å². The molecule has 2 unspecified atom stereocenters. The lowest BCUT2D eigenvalue weighted by Gasteiger charge is -2.18. The molecule has 1 aliphatic carbocycles. The van der Waals surface area contributed by atoms with E-state index in [-0.39, 0.29) is 10.7 Å². The van der Waals surface area contributed by atoms with Gasteiger partial charge in [0, 0.05) is 11.3 Å². The number of sulfonamides is 1. The number of hydrogen-bond donors (Lipinski definition) is 1. The molecule has 13 heavy (non-hydrogen) atoms. The van der Waals surface area contributed by atoms with Crippen LogP contribution in [-0.4, -0.2) is 30.6 Å². The molecule has 1 fully saturated rings. The van der Waals surface area contributed by atoms with Crippen molar-refractivity contribution >= 4 is 37.7 Å². The van der Waals surface area contributed by atoms with Crippen molar-refractivity contribution in [2.75, 3.05) is 10.9 Å². The Kier molecular flexibility index (Phi) is 4.54. The summed E-state index contributed by atoms with van der Waals surface area (Å²) in [6, 6.07) is 0.137. The van der Waals surface area contributed by atoms with Gasteiger partial charge in [-0.1, -0.05) is 22.4 Å². The topological polar surface area (TPSA) is 46.2 Å². The van der Waals surface area contributed by atoms with E-state index in [0.717, 1.165) is 19.3 Å². The fourth-order valence-electron chi connectivity index (χ4n) is 1.61. The quantitative estimate of drug-likeness (QED) is 0.798. The van der Waals surface area contributed by atoms with Crippen LogP contribution in [0.15, 0.2) is 0 Å². The summed E-state index contributed by atoms with van der Waals surface area (Å²) < 4.78 is 25.2. The van der Waals surface area contributed by atoms with Crippen LogP contribution in [0.25, 0.3) is 0 Å². The van der Waals surface area contributed by atoms with Crippen LogP contribution in [0.5, 0.6) is 0 Å². The third-order valence-corrected chi connectivity index (χ3v) is 6.16. The van der Waals surface area contributed by atoms with Gasteiger partial charge in [0.1, 0.15) is 4.66 Å². The van der Waals surface area contributed by atoms with Crippen LogP contribution < -0.4 is 4.72 Å². The van der Waals surface area contributed by atoms with Crippen LogP contribution in [0, 0.1) is 0 Å². The van der Waals surface area contributed by atoms with Crippen LogP contribution >= 0.6 is 27.7 Å². The summed E-state index contributed by atoms with van der Waals surface area (Å²) in [5.74, 6) is 0. The fourth-order valence-corrected chi connectivity index (χ4v) is 3.83. The molecule has 0 saturated heterocycles. The highest BCUT2D eigenvalue weighted by molar-refractivity contribution is 9.10. The molecule has 0 aromatic rings. The van der Waals surface area contributed by atoms with E-state index in [9.17, 15) is 8.42 Å². The first kappa shape index (κ1) is 11.8. The molecule has 78 valence electrons. The van der Waals surface area contributed by atoms with E-state index in [1.165, 1.54) is 0 Å². The largest absolute Gasteiger partial charge is 0.221 e. The second-order valence-corrected chi connectivity index (χ2v) is 7.29. The minimum atomic E-state index is -3.09. The molecule has 1 aliphatic rings. The minimum Gasteiger partial charge on any atom is -0.212 e. The Labute approximate surface area is 92.2 Å². The Bertz CT molecular complexity index is 255.